The highest BCUT2D eigenvalue weighted by Gasteiger charge is 2.35. The molecule has 0 bridgehead atoms. The molecular formula is C13H21N3O5. The van der Waals surface area contributed by atoms with Gasteiger partial charge in [0.15, 0.2) is 0 Å². The topological polar surface area (TPSA) is 108 Å². The molecule has 8 nitrogen and oxygen atoms in total. The summed E-state index contributed by atoms with van der Waals surface area (Å²) in [5.41, 5.74) is 0. The molecule has 118 valence electrons. The van der Waals surface area contributed by atoms with Gasteiger partial charge in [-0.3, -0.25) is 9.59 Å². The van der Waals surface area contributed by atoms with Crippen molar-refractivity contribution in [3.8, 4) is 0 Å². The maximum absolute atomic E-state index is 11.9. The second kappa shape index (κ2) is 7.26. The van der Waals surface area contributed by atoms with E-state index in [1.165, 1.54) is 0 Å². The van der Waals surface area contributed by atoms with Crippen LogP contribution in [0.2, 0.25) is 0 Å². The fourth-order valence-electron chi connectivity index (χ4n) is 2.57. The molecule has 0 aliphatic carbocycles. The molecule has 8 heteroatoms. The molecule has 0 aromatic carbocycles. The SMILES string of the molecule is O=C(NCC(=O)N1CCCCC1)NC1COCC1C(=O)O. The Morgan fingerprint density at radius 2 is 1.86 bits per heavy atom. The zero-order valence-electron chi connectivity index (χ0n) is 11.8. The van der Waals surface area contributed by atoms with Gasteiger partial charge in [-0.15, -0.1) is 0 Å². The molecule has 0 radical (unpaired) electrons. The number of hydrogen-bond donors (Lipinski definition) is 3. The van der Waals surface area contributed by atoms with Gasteiger partial charge < -0.3 is 25.4 Å². The van der Waals surface area contributed by atoms with E-state index in [-0.39, 0.29) is 25.7 Å². The second-order valence-electron chi connectivity index (χ2n) is 5.36. The lowest BCUT2D eigenvalue weighted by molar-refractivity contribution is -0.142. The molecule has 2 atom stereocenters. The summed E-state index contributed by atoms with van der Waals surface area (Å²) < 4.78 is 5.05. The van der Waals surface area contributed by atoms with Crippen molar-refractivity contribution < 1.29 is 24.2 Å². The predicted octanol–water partition coefficient (Wildman–Crippen LogP) is -0.602. The number of rotatable bonds is 4. The van der Waals surface area contributed by atoms with E-state index in [1.807, 2.05) is 0 Å². The van der Waals surface area contributed by atoms with E-state index in [9.17, 15) is 14.4 Å². The van der Waals surface area contributed by atoms with E-state index in [0.717, 1.165) is 32.4 Å². The van der Waals surface area contributed by atoms with Crippen molar-refractivity contribution >= 4 is 17.9 Å². The van der Waals surface area contributed by atoms with Gasteiger partial charge >= 0.3 is 12.0 Å². The van der Waals surface area contributed by atoms with Crippen LogP contribution in [0.25, 0.3) is 0 Å². The lowest BCUT2D eigenvalue weighted by Gasteiger charge is -2.26. The monoisotopic (exact) mass is 299 g/mol. The van der Waals surface area contributed by atoms with Gasteiger partial charge in [0.1, 0.15) is 5.92 Å². The summed E-state index contributed by atoms with van der Waals surface area (Å²) in [6.07, 6.45) is 3.13. The van der Waals surface area contributed by atoms with Crippen LogP contribution in [0.5, 0.6) is 0 Å². The zero-order chi connectivity index (χ0) is 15.2. The minimum Gasteiger partial charge on any atom is -0.481 e. The summed E-state index contributed by atoms with van der Waals surface area (Å²) >= 11 is 0. The van der Waals surface area contributed by atoms with Gasteiger partial charge in [-0.2, -0.15) is 0 Å². The molecule has 2 aliphatic heterocycles. The number of hydrogen-bond acceptors (Lipinski definition) is 4. The molecule has 2 aliphatic rings. The number of amides is 3. The average molecular weight is 299 g/mol. The van der Waals surface area contributed by atoms with Gasteiger partial charge in [0.2, 0.25) is 5.91 Å². The van der Waals surface area contributed by atoms with Crippen LogP contribution in [0.15, 0.2) is 0 Å². The number of likely N-dealkylation sites (tertiary alicyclic amines) is 1. The highest BCUT2D eigenvalue weighted by Crippen LogP contribution is 2.13. The van der Waals surface area contributed by atoms with Gasteiger partial charge in [0, 0.05) is 13.1 Å². The van der Waals surface area contributed by atoms with Crippen molar-refractivity contribution in [1.82, 2.24) is 15.5 Å². The van der Waals surface area contributed by atoms with E-state index in [4.69, 9.17) is 9.84 Å². The lowest BCUT2D eigenvalue weighted by Crippen LogP contribution is -2.50. The van der Waals surface area contributed by atoms with Crippen molar-refractivity contribution in [3.05, 3.63) is 0 Å². The van der Waals surface area contributed by atoms with Crippen molar-refractivity contribution in [2.24, 2.45) is 5.92 Å². The number of carbonyl (C=O) groups excluding carboxylic acids is 2. The van der Waals surface area contributed by atoms with Crippen LogP contribution in [0.4, 0.5) is 4.79 Å². The predicted molar refractivity (Wildman–Crippen MR) is 72.7 cm³/mol. The lowest BCUT2D eigenvalue weighted by atomic mass is 10.0. The number of urea groups is 1. The summed E-state index contributed by atoms with van der Waals surface area (Å²) in [5.74, 6) is -1.85. The van der Waals surface area contributed by atoms with Crippen LogP contribution in [-0.4, -0.2) is 66.8 Å². The number of aliphatic carboxylic acids is 1. The number of nitrogens with one attached hydrogen (secondary N) is 2. The van der Waals surface area contributed by atoms with Crippen molar-refractivity contribution in [3.63, 3.8) is 0 Å². The molecule has 3 amide bonds. The largest absolute Gasteiger partial charge is 0.481 e. The first-order chi connectivity index (χ1) is 10.1. The van der Waals surface area contributed by atoms with Crippen LogP contribution in [0, 0.1) is 5.92 Å². The Morgan fingerprint density at radius 1 is 1.14 bits per heavy atom. The Bertz CT molecular complexity index is 409. The zero-order valence-corrected chi connectivity index (χ0v) is 11.8. The molecule has 0 spiro atoms. The summed E-state index contributed by atoms with van der Waals surface area (Å²) in [6.45, 7) is 1.66. The van der Waals surface area contributed by atoms with Gasteiger partial charge in [-0.05, 0) is 19.3 Å². The average Bonchev–Trinajstić information content (AvgIpc) is 2.94. The molecule has 2 fully saturated rings. The van der Waals surface area contributed by atoms with Gasteiger partial charge in [-0.25, -0.2) is 4.79 Å². The van der Waals surface area contributed by atoms with Gasteiger partial charge in [0.05, 0.1) is 25.8 Å². The minimum absolute atomic E-state index is 0.0723. The standard InChI is InChI=1S/C13H21N3O5/c17-11(16-4-2-1-3-5-16)6-14-13(20)15-10-8-21-7-9(10)12(18)19/h9-10H,1-8H2,(H,18,19)(H2,14,15,20). The molecule has 2 heterocycles. The third-order valence-electron chi connectivity index (χ3n) is 3.82. The highest BCUT2D eigenvalue weighted by atomic mass is 16.5. The first-order valence-electron chi connectivity index (χ1n) is 7.20. The molecule has 0 aromatic rings. The molecule has 2 rings (SSSR count). The molecular weight excluding hydrogens is 278 g/mol. The maximum Gasteiger partial charge on any atom is 0.315 e. The van der Waals surface area contributed by atoms with E-state index < -0.39 is 24.0 Å². The number of nitrogens with zero attached hydrogens (tertiary/aromatic N) is 1. The summed E-state index contributed by atoms with van der Waals surface area (Å²) in [7, 11) is 0. The third-order valence-corrected chi connectivity index (χ3v) is 3.82. The number of carbonyl (C=O) groups is 3. The Balaban J connectivity index is 1.71. The van der Waals surface area contributed by atoms with Crippen molar-refractivity contribution in [1.29, 1.82) is 0 Å². The van der Waals surface area contributed by atoms with Crippen molar-refractivity contribution in [2.75, 3.05) is 32.8 Å². The molecule has 0 saturated carbocycles. The maximum atomic E-state index is 11.9. The summed E-state index contributed by atoms with van der Waals surface area (Å²) in [4.78, 5) is 36.3. The van der Waals surface area contributed by atoms with Crippen LogP contribution in [0.1, 0.15) is 19.3 Å². The summed E-state index contributed by atoms with van der Waals surface area (Å²) in [5, 5.41) is 14.0. The number of ether oxygens (including phenoxy) is 1. The fourth-order valence-corrected chi connectivity index (χ4v) is 2.57. The first kappa shape index (κ1) is 15.6. The Morgan fingerprint density at radius 3 is 2.52 bits per heavy atom. The van der Waals surface area contributed by atoms with Gasteiger partial charge in [0.25, 0.3) is 0 Å². The van der Waals surface area contributed by atoms with Crippen LogP contribution < -0.4 is 10.6 Å². The quantitative estimate of drug-likeness (QED) is 0.642. The van der Waals surface area contributed by atoms with E-state index in [1.54, 1.807) is 4.90 Å². The van der Waals surface area contributed by atoms with Crippen LogP contribution >= 0.6 is 0 Å². The Labute approximate surface area is 122 Å². The molecule has 21 heavy (non-hydrogen) atoms. The van der Waals surface area contributed by atoms with Gasteiger partial charge in [-0.1, -0.05) is 0 Å². The van der Waals surface area contributed by atoms with Crippen LogP contribution in [-0.2, 0) is 14.3 Å². The Hall–Kier alpha value is -1.83. The normalized spacial score (nSPS) is 25.4. The smallest absolute Gasteiger partial charge is 0.315 e. The molecule has 0 aromatic heterocycles. The number of piperidine rings is 1. The van der Waals surface area contributed by atoms with Crippen LogP contribution in [0.3, 0.4) is 0 Å². The van der Waals surface area contributed by atoms with E-state index in [0.29, 0.717) is 0 Å². The Kier molecular flexibility index (Phi) is 5.38. The molecule has 3 N–H and O–H groups in total. The van der Waals surface area contributed by atoms with E-state index >= 15 is 0 Å². The highest BCUT2D eigenvalue weighted by molar-refractivity contribution is 5.84. The van der Waals surface area contributed by atoms with Crippen molar-refractivity contribution in [2.45, 2.75) is 25.3 Å². The minimum atomic E-state index is -0.998. The molecule has 2 unspecified atom stereocenters. The third kappa shape index (κ3) is 4.32. The number of carboxylic acid groups (broad SMARTS) is 1. The first-order valence-corrected chi connectivity index (χ1v) is 7.20. The second-order valence-corrected chi connectivity index (χ2v) is 5.36. The molecule has 2 saturated heterocycles. The number of carboxylic acids is 1. The van der Waals surface area contributed by atoms with E-state index in [2.05, 4.69) is 10.6 Å². The fraction of sp³-hybridized carbons (Fsp3) is 0.769. The summed E-state index contributed by atoms with van der Waals surface area (Å²) in [6, 6.07) is -1.10.